The smallest absolute Gasteiger partial charge is 0.317 e. The minimum atomic E-state index is 0.00764. The largest absolute Gasteiger partial charge is 0.377 e. The summed E-state index contributed by atoms with van der Waals surface area (Å²) in [5, 5.41) is 2.96. The molecule has 0 saturated carbocycles. The Morgan fingerprint density at radius 1 is 1.42 bits per heavy atom. The molecule has 1 saturated heterocycles. The predicted octanol–water partition coefficient (Wildman–Crippen LogP) is 2.40. The lowest BCUT2D eigenvalue weighted by atomic mass is 10.1. The summed E-state index contributed by atoms with van der Waals surface area (Å²) in [6.07, 6.45) is 2.26. The zero-order chi connectivity index (χ0) is 13.5. The number of urea groups is 1. The van der Waals surface area contributed by atoms with Gasteiger partial charge in [0.25, 0.3) is 0 Å². The first-order valence-corrected chi connectivity index (χ1v) is 6.98. The quantitative estimate of drug-likeness (QED) is 0.905. The molecule has 1 aliphatic rings. The van der Waals surface area contributed by atoms with E-state index < -0.39 is 0 Å². The highest BCUT2D eigenvalue weighted by atomic mass is 16.5. The zero-order valence-corrected chi connectivity index (χ0v) is 11.5. The van der Waals surface area contributed by atoms with E-state index in [1.807, 2.05) is 42.2 Å². The van der Waals surface area contributed by atoms with Crippen molar-refractivity contribution >= 4 is 6.03 Å². The Morgan fingerprint density at radius 3 is 2.95 bits per heavy atom. The van der Waals surface area contributed by atoms with Crippen molar-refractivity contribution in [3.05, 3.63) is 35.9 Å². The number of hydrogen-bond donors (Lipinski definition) is 1. The molecule has 0 spiro atoms. The molecule has 1 aromatic rings. The summed E-state index contributed by atoms with van der Waals surface area (Å²) < 4.78 is 5.60. The van der Waals surface area contributed by atoms with Crippen molar-refractivity contribution in [1.29, 1.82) is 0 Å². The van der Waals surface area contributed by atoms with E-state index in [0.717, 1.165) is 24.9 Å². The van der Waals surface area contributed by atoms with Gasteiger partial charge in [-0.1, -0.05) is 30.3 Å². The standard InChI is InChI=1S/C15H22N2O2/c1-2-19-14-9-6-10-17(12-14)15(18)16-11-13-7-4-3-5-8-13/h3-5,7-8,14H,2,6,9-12H2,1H3,(H,16,18). The van der Waals surface area contributed by atoms with Crippen molar-refractivity contribution in [2.24, 2.45) is 0 Å². The van der Waals surface area contributed by atoms with Gasteiger partial charge in [-0.25, -0.2) is 4.79 Å². The molecule has 1 heterocycles. The van der Waals surface area contributed by atoms with Crippen molar-refractivity contribution in [2.45, 2.75) is 32.4 Å². The van der Waals surface area contributed by atoms with Gasteiger partial charge in [-0.2, -0.15) is 0 Å². The second-order valence-corrected chi connectivity index (χ2v) is 4.81. The average molecular weight is 262 g/mol. The fraction of sp³-hybridized carbons (Fsp3) is 0.533. The molecule has 19 heavy (non-hydrogen) atoms. The van der Waals surface area contributed by atoms with Crippen LogP contribution in [0.1, 0.15) is 25.3 Å². The monoisotopic (exact) mass is 262 g/mol. The van der Waals surface area contributed by atoms with Crippen molar-refractivity contribution in [2.75, 3.05) is 19.7 Å². The molecule has 4 nitrogen and oxygen atoms in total. The van der Waals surface area contributed by atoms with E-state index in [4.69, 9.17) is 4.74 Å². The van der Waals surface area contributed by atoms with E-state index in [2.05, 4.69) is 5.32 Å². The van der Waals surface area contributed by atoms with Crippen LogP contribution < -0.4 is 5.32 Å². The van der Waals surface area contributed by atoms with Crippen LogP contribution in [0.25, 0.3) is 0 Å². The summed E-state index contributed by atoms with van der Waals surface area (Å²) in [5.41, 5.74) is 1.12. The number of ether oxygens (including phenoxy) is 1. The first-order valence-electron chi connectivity index (χ1n) is 6.98. The van der Waals surface area contributed by atoms with Crippen LogP contribution in [-0.4, -0.2) is 36.7 Å². The maximum absolute atomic E-state index is 12.1. The number of likely N-dealkylation sites (tertiary alicyclic amines) is 1. The minimum absolute atomic E-state index is 0.00764. The molecule has 0 bridgehead atoms. The lowest BCUT2D eigenvalue weighted by molar-refractivity contribution is 0.0164. The lowest BCUT2D eigenvalue weighted by Crippen LogP contribution is -2.47. The minimum Gasteiger partial charge on any atom is -0.377 e. The van der Waals surface area contributed by atoms with Gasteiger partial charge in [0.2, 0.25) is 0 Å². The van der Waals surface area contributed by atoms with E-state index in [-0.39, 0.29) is 12.1 Å². The van der Waals surface area contributed by atoms with Crippen molar-refractivity contribution in [3.63, 3.8) is 0 Å². The highest BCUT2D eigenvalue weighted by molar-refractivity contribution is 5.74. The van der Waals surface area contributed by atoms with E-state index in [1.165, 1.54) is 0 Å². The van der Waals surface area contributed by atoms with Crippen LogP contribution in [0.3, 0.4) is 0 Å². The van der Waals surface area contributed by atoms with Crippen LogP contribution in [0.15, 0.2) is 30.3 Å². The number of hydrogen-bond acceptors (Lipinski definition) is 2. The fourth-order valence-corrected chi connectivity index (χ4v) is 2.38. The Hall–Kier alpha value is -1.55. The van der Waals surface area contributed by atoms with Gasteiger partial charge in [0.05, 0.1) is 6.10 Å². The van der Waals surface area contributed by atoms with Crippen LogP contribution in [0.2, 0.25) is 0 Å². The van der Waals surface area contributed by atoms with Crippen LogP contribution in [-0.2, 0) is 11.3 Å². The maximum atomic E-state index is 12.1. The number of carbonyl (C=O) groups is 1. The fourth-order valence-electron chi connectivity index (χ4n) is 2.38. The molecule has 2 rings (SSSR count). The maximum Gasteiger partial charge on any atom is 0.317 e. The Labute approximate surface area is 114 Å². The van der Waals surface area contributed by atoms with Gasteiger partial charge in [0.15, 0.2) is 0 Å². The van der Waals surface area contributed by atoms with Crippen LogP contribution >= 0.6 is 0 Å². The number of piperidine rings is 1. The lowest BCUT2D eigenvalue weighted by Gasteiger charge is -2.32. The molecule has 0 aromatic heterocycles. The Morgan fingerprint density at radius 2 is 2.21 bits per heavy atom. The SMILES string of the molecule is CCOC1CCCN(C(=O)NCc2ccccc2)C1. The Bertz CT molecular complexity index is 392. The second-order valence-electron chi connectivity index (χ2n) is 4.81. The van der Waals surface area contributed by atoms with Crippen molar-refractivity contribution < 1.29 is 9.53 Å². The van der Waals surface area contributed by atoms with Gasteiger partial charge >= 0.3 is 6.03 Å². The first-order chi connectivity index (χ1) is 9.29. The predicted molar refractivity (Wildman–Crippen MR) is 74.9 cm³/mol. The van der Waals surface area contributed by atoms with Gasteiger partial charge in [0, 0.05) is 26.2 Å². The summed E-state index contributed by atoms with van der Waals surface area (Å²) in [4.78, 5) is 13.9. The van der Waals surface area contributed by atoms with E-state index in [1.54, 1.807) is 0 Å². The molecule has 104 valence electrons. The zero-order valence-electron chi connectivity index (χ0n) is 11.5. The summed E-state index contributed by atoms with van der Waals surface area (Å²) >= 11 is 0. The summed E-state index contributed by atoms with van der Waals surface area (Å²) in [6.45, 7) is 4.81. The van der Waals surface area contributed by atoms with Crippen molar-refractivity contribution in [3.8, 4) is 0 Å². The molecule has 0 aliphatic carbocycles. The number of nitrogens with zero attached hydrogens (tertiary/aromatic N) is 1. The van der Waals surface area contributed by atoms with Crippen LogP contribution in [0, 0.1) is 0 Å². The molecule has 1 aliphatic heterocycles. The van der Waals surface area contributed by atoms with Gasteiger partial charge in [0.1, 0.15) is 0 Å². The van der Waals surface area contributed by atoms with Gasteiger partial charge in [-0.3, -0.25) is 0 Å². The van der Waals surface area contributed by atoms with Gasteiger partial charge in [-0.15, -0.1) is 0 Å². The molecule has 2 amide bonds. The molecule has 1 fully saturated rings. The van der Waals surface area contributed by atoms with Gasteiger partial charge in [-0.05, 0) is 25.3 Å². The number of amides is 2. The second kappa shape index (κ2) is 7.14. The number of rotatable bonds is 4. The van der Waals surface area contributed by atoms with Gasteiger partial charge < -0.3 is 15.0 Å². The van der Waals surface area contributed by atoms with Crippen LogP contribution in [0.4, 0.5) is 4.79 Å². The molecular weight excluding hydrogens is 240 g/mol. The molecule has 4 heteroatoms. The summed E-state index contributed by atoms with van der Waals surface area (Å²) in [7, 11) is 0. The molecule has 1 unspecified atom stereocenters. The molecule has 1 aromatic carbocycles. The number of benzene rings is 1. The Balaban J connectivity index is 1.79. The number of nitrogens with one attached hydrogen (secondary N) is 1. The van der Waals surface area contributed by atoms with E-state index in [0.29, 0.717) is 19.7 Å². The van der Waals surface area contributed by atoms with E-state index >= 15 is 0 Å². The highest BCUT2D eigenvalue weighted by Gasteiger charge is 2.23. The number of carbonyl (C=O) groups excluding carboxylic acids is 1. The topological polar surface area (TPSA) is 41.6 Å². The molecule has 1 N–H and O–H groups in total. The third kappa shape index (κ3) is 4.24. The highest BCUT2D eigenvalue weighted by Crippen LogP contribution is 2.13. The third-order valence-electron chi connectivity index (χ3n) is 3.35. The van der Waals surface area contributed by atoms with Crippen LogP contribution in [0.5, 0.6) is 0 Å². The average Bonchev–Trinajstić information content (AvgIpc) is 2.46. The molecule has 0 radical (unpaired) electrons. The Kier molecular flexibility index (Phi) is 5.21. The summed E-state index contributed by atoms with van der Waals surface area (Å²) in [6, 6.07) is 9.97. The third-order valence-corrected chi connectivity index (χ3v) is 3.35. The first kappa shape index (κ1) is 13.9. The van der Waals surface area contributed by atoms with E-state index in [9.17, 15) is 4.79 Å². The molecule has 1 atom stereocenters. The molecular formula is C15H22N2O2. The normalized spacial score (nSPS) is 19.2. The van der Waals surface area contributed by atoms with Crippen molar-refractivity contribution in [1.82, 2.24) is 10.2 Å². The summed E-state index contributed by atoms with van der Waals surface area (Å²) in [5.74, 6) is 0.